The van der Waals surface area contributed by atoms with Crippen LogP contribution >= 0.6 is 11.9 Å². The first-order valence-corrected chi connectivity index (χ1v) is 9.69. The molecule has 0 saturated carbocycles. The van der Waals surface area contributed by atoms with Crippen molar-refractivity contribution in [2.75, 3.05) is 0 Å². The highest BCUT2D eigenvalue weighted by molar-refractivity contribution is 7.98. The number of ether oxygens (including phenoxy) is 1. The van der Waals surface area contributed by atoms with E-state index < -0.39 is 5.60 Å². The number of benzene rings is 2. The minimum Gasteiger partial charge on any atom is -0.456 e. The van der Waals surface area contributed by atoms with Gasteiger partial charge in [0.1, 0.15) is 5.60 Å². The summed E-state index contributed by atoms with van der Waals surface area (Å²) in [5.74, 6) is -0.294. The van der Waals surface area contributed by atoms with Crippen LogP contribution in [-0.4, -0.2) is 16.3 Å². The fourth-order valence-electron chi connectivity index (χ4n) is 2.36. The van der Waals surface area contributed by atoms with E-state index >= 15 is 0 Å². The number of carbonyl (C=O) groups is 1. The molecular weight excluding hydrogens is 342 g/mol. The molecule has 0 fully saturated rings. The van der Waals surface area contributed by atoms with Crippen LogP contribution in [0.25, 0.3) is 0 Å². The average Bonchev–Trinajstić information content (AvgIpc) is 2.54. The molecule has 4 heteroatoms. The third kappa shape index (κ3) is 6.50. The van der Waals surface area contributed by atoms with Crippen LogP contribution in [0.15, 0.2) is 54.6 Å². The molecule has 26 heavy (non-hydrogen) atoms. The Bertz CT molecular complexity index is 713. The van der Waals surface area contributed by atoms with E-state index in [1.807, 2.05) is 63.2 Å². The molecule has 1 N–H and O–H groups in total. The van der Waals surface area contributed by atoms with Gasteiger partial charge in [-0.1, -0.05) is 54.4 Å². The number of carbonyl (C=O) groups excluding carboxylic acids is 1. The standard InChI is InChI=1S/C22H29NO2S/c1-21(2,3)25-20(24)18-14-12-17(13-15-18)19(23-26-22(4,5)6)16-10-8-7-9-11-16/h7-15,19,23H,1-6H3. The van der Waals surface area contributed by atoms with Crippen LogP contribution in [0.4, 0.5) is 0 Å². The van der Waals surface area contributed by atoms with E-state index in [4.69, 9.17) is 4.74 Å². The van der Waals surface area contributed by atoms with E-state index in [0.717, 1.165) is 5.56 Å². The summed E-state index contributed by atoms with van der Waals surface area (Å²) in [6.45, 7) is 12.2. The van der Waals surface area contributed by atoms with Gasteiger partial charge in [0.2, 0.25) is 0 Å². The Kier molecular flexibility index (Phi) is 6.53. The van der Waals surface area contributed by atoms with Crippen molar-refractivity contribution in [1.29, 1.82) is 0 Å². The van der Waals surface area contributed by atoms with E-state index in [9.17, 15) is 4.79 Å². The molecule has 0 bridgehead atoms. The summed E-state index contributed by atoms with van der Waals surface area (Å²) in [6, 6.07) is 18.0. The lowest BCUT2D eigenvalue weighted by Crippen LogP contribution is -2.24. The van der Waals surface area contributed by atoms with Crippen LogP contribution in [0.3, 0.4) is 0 Å². The van der Waals surface area contributed by atoms with Crippen molar-refractivity contribution in [1.82, 2.24) is 4.72 Å². The molecule has 2 rings (SSSR count). The summed E-state index contributed by atoms with van der Waals surface area (Å²) >= 11 is 1.71. The Hall–Kier alpha value is -1.78. The van der Waals surface area contributed by atoms with Crippen LogP contribution in [0.2, 0.25) is 0 Å². The number of esters is 1. The SMILES string of the molecule is CC(C)(C)OC(=O)c1ccc(C(NSC(C)(C)C)c2ccccc2)cc1. The molecule has 0 saturated heterocycles. The van der Waals surface area contributed by atoms with E-state index in [0.29, 0.717) is 5.56 Å². The van der Waals surface area contributed by atoms with Gasteiger partial charge in [-0.2, -0.15) is 0 Å². The molecule has 1 atom stereocenters. The van der Waals surface area contributed by atoms with Crippen molar-refractivity contribution in [2.24, 2.45) is 0 Å². The molecule has 2 aromatic rings. The maximum Gasteiger partial charge on any atom is 0.338 e. The predicted molar refractivity (Wildman–Crippen MR) is 110 cm³/mol. The van der Waals surface area contributed by atoms with Crippen LogP contribution < -0.4 is 4.72 Å². The fourth-order valence-corrected chi connectivity index (χ4v) is 3.10. The molecule has 1 unspecified atom stereocenters. The van der Waals surface area contributed by atoms with E-state index in [1.54, 1.807) is 11.9 Å². The molecule has 0 heterocycles. The van der Waals surface area contributed by atoms with Crippen molar-refractivity contribution >= 4 is 17.9 Å². The minimum absolute atomic E-state index is 0.0492. The molecule has 0 aromatic heterocycles. The number of hydrogen-bond donors (Lipinski definition) is 1. The molecule has 0 aliphatic heterocycles. The second kappa shape index (κ2) is 8.28. The van der Waals surface area contributed by atoms with E-state index in [2.05, 4.69) is 37.6 Å². The van der Waals surface area contributed by atoms with Crippen molar-refractivity contribution in [3.8, 4) is 0 Å². The lowest BCUT2D eigenvalue weighted by Gasteiger charge is -2.25. The first-order valence-electron chi connectivity index (χ1n) is 8.87. The lowest BCUT2D eigenvalue weighted by molar-refractivity contribution is 0.00695. The van der Waals surface area contributed by atoms with Crippen LogP contribution in [0.1, 0.15) is 69.1 Å². The Morgan fingerprint density at radius 1 is 0.885 bits per heavy atom. The van der Waals surface area contributed by atoms with Gasteiger partial charge in [0.05, 0.1) is 11.6 Å². The smallest absolute Gasteiger partial charge is 0.338 e. The summed E-state index contributed by atoms with van der Waals surface area (Å²) in [6.07, 6.45) is 0. The van der Waals surface area contributed by atoms with Gasteiger partial charge in [-0.15, -0.1) is 0 Å². The zero-order valence-electron chi connectivity index (χ0n) is 16.5. The average molecular weight is 372 g/mol. The van der Waals surface area contributed by atoms with Crippen LogP contribution in [0, 0.1) is 0 Å². The molecular formula is C22H29NO2S. The number of nitrogens with one attached hydrogen (secondary N) is 1. The van der Waals surface area contributed by atoms with Crippen molar-refractivity contribution in [2.45, 2.75) is 57.9 Å². The van der Waals surface area contributed by atoms with Crippen molar-refractivity contribution in [3.63, 3.8) is 0 Å². The van der Waals surface area contributed by atoms with Crippen molar-refractivity contribution < 1.29 is 9.53 Å². The first-order chi connectivity index (χ1) is 12.1. The second-order valence-corrected chi connectivity index (χ2v) is 9.96. The highest BCUT2D eigenvalue weighted by atomic mass is 32.2. The topological polar surface area (TPSA) is 38.3 Å². The van der Waals surface area contributed by atoms with Crippen LogP contribution in [-0.2, 0) is 4.74 Å². The Balaban J connectivity index is 2.24. The molecule has 0 aliphatic rings. The summed E-state index contributed by atoms with van der Waals surface area (Å²) in [5, 5.41) is 0. The van der Waals surface area contributed by atoms with Gasteiger partial charge in [-0.3, -0.25) is 4.72 Å². The maximum absolute atomic E-state index is 12.2. The molecule has 0 amide bonds. The minimum atomic E-state index is -0.493. The molecule has 0 radical (unpaired) electrons. The largest absolute Gasteiger partial charge is 0.456 e. The number of rotatable bonds is 5. The predicted octanol–water partition coefficient (Wildman–Crippen LogP) is 5.77. The summed E-state index contributed by atoms with van der Waals surface area (Å²) in [5.41, 5.74) is 2.38. The molecule has 140 valence electrons. The fraction of sp³-hybridized carbons (Fsp3) is 0.409. The number of hydrogen-bond acceptors (Lipinski definition) is 4. The summed E-state index contributed by atoms with van der Waals surface area (Å²) < 4.78 is 9.12. The molecule has 0 aliphatic carbocycles. The van der Waals surface area contributed by atoms with Gasteiger partial charge < -0.3 is 4.74 Å². The van der Waals surface area contributed by atoms with Crippen molar-refractivity contribution in [3.05, 3.63) is 71.3 Å². The van der Waals surface area contributed by atoms with E-state index in [1.165, 1.54) is 5.56 Å². The second-order valence-electron chi connectivity index (χ2n) is 8.30. The lowest BCUT2D eigenvalue weighted by atomic mass is 9.98. The molecule has 0 spiro atoms. The molecule has 2 aromatic carbocycles. The maximum atomic E-state index is 12.2. The first kappa shape index (κ1) is 20.5. The summed E-state index contributed by atoms with van der Waals surface area (Å²) in [4.78, 5) is 12.2. The van der Waals surface area contributed by atoms with Gasteiger partial charge in [0, 0.05) is 4.75 Å². The van der Waals surface area contributed by atoms with Gasteiger partial charge in [0.25, 0.3) is 0 Å². The monoisotopic (exact) mass is 371 g/mol. The Labute approximate surface area is 161 Å². The Morgan fingerprint density at radius 3 is 1.92 bits per heavy atom. The third-order valence-corrected chi connectivity index (χ3v) is 4.46. The zero-order chi connectivity index (χ0) is 19.4. The highest BCUT2D eigenvalue weighted by Gasteiger charge is 2.20. The van der Waals surface area contributed by atoms with Gasteiger partial charge in [-0.05, 0) is 64.8 Å². The van der Waals surface area contributed by atoms with Gasteiger partial charge >= 0.3 is 5.97 Å². The zero-order valence-corrected chi connectivity index (χ0v) is 17.3. The van der Waals surface area contributed by atoms with Crippen LogP contribution in [0.5, 0.6) is 0 Å². The van der Waals surface area contributed by atoms with E-state index in [-0.39, 0.29) is 16.8 Å². The Morgan fingerprint density at radius 2 is 1.42 bits per heavy atom. The quantitative estimate of drug-likeness (QED) is 0.535. The van der Waals surface area contributed by atoms with Gasteiger partial charge in [-0.25, -0.2) is 4.79 Å². The molecule has 3 nitrogen and oxygen atoms in total. The summed E-state index contributed by atoms with van der Waals surface area (Å²) in [7, 11) is 0. The normalized spacial score (nSPS) is 13.3. The van der Waals surface area contributed by atoms with Gasteiger partial charge in [0.15, 0.2) is 0 Å². The highest BCUT2D eigenvalue weighted by Crippen LogP contribution is 2.29. The third-order valence-electron chi connectivity index (χ3n) is 3.49.